The van der Waals surface area contributed by atoms with E-state index in [0.29, 0.717) is 13.1 Å². The Bertz CT molecular complexity index is 548. The minimum absolute atomic E-state index is 0.0528. The van der Waals surface area contributed by atoms with E-state index in [1.165, 1.54) is 6.07 Å². The number of nitrogens with two attached hydrogens (primary N) is 1. The van der Waals surface area contributed by atoms with E-state index in [0.717, 1.165) is 6.07 Å². The van der Waals surface area contributed by atoms with Gasteiger partial charge < -0.3 is 15.4 Å². The van der Waals surface area contributed by atoms with Crippen LogP contribution in [0, 0.1) is 23.1 Å². The Morgan fingerprint density at radius 3 is 2.89 bits per heavy atom. The molecule has 0 amide bonds. The first-order valence-corrected chi connectivity index (χ1v) is 5.97. The summed E-state index contributed by atoms with van der Waals surface area (Å²) in [5.41, 5.74) is 6.11. The topological polar surface area (TPSA) is 79.3 Å². The Labute approximate surface area is 110 Å². The van der Waals surface area contributed by atoms with Crippen LogP contribution in [0.4, 0.5) is 15.8 Å². The van der Waals surface area contributed by atoms with Crippen LogP contribution in [0.3, 0.4) is 0 Å². The van der Waals surface area contributed by atoms with Crippen LogP contribution >= 0.6 is 0 Å². The van der Waals surface area contributed by atoms with Gasteiger partial charge in [-0.05, 0) is 19.1 Å². The van der Waals surface area contributed by atoms with Crippen LogP contribution in [-0.2, 0) is 4.74 Å². The van der Waals surface area contributed by atoms with Crippen LogP contribution in [0.5, 0.6) is 0 Å². The maximum atomic E-state index is 13.8. The van der Waals surface area contributed by atoms with Gasteiger partial charge in [0.15, 0.2) is 0 Å². The van der Waals surface area contributed by atoms with E-state index in [-0.39, 0.29) is 29.5 Å². The summed E-state index contributed by atoms with van der Waals surface area (Å²) in [5.74, 6) is -1.16. The first-order valence-electron chi connectivity index (χ1n) is 5.97. The number of nitrogen functional groups attached to an aromatic ring is 1. The van der Waals surface area contributed by atoms with Crippen molar-refractivity contribution in [2.45, 2.75) is 6.92 Å². The second-order valence-electron chi connectivity index (χ2n) is 4.34. The number of halogens is 1. The van der Waals surface area contributed by atoms with Crippen molar-refractivity contribution >= 4 is 17.3 Å². The van der Waals surface area contributed by atoms with Crippen molar-refractivity contribution < 1.29 is 13.9 Å². The minimum atomic E-state index is -0.571. The highest BCUT2D eigenvalue weighted by molar-refractivity contribution is 5.96. The van der Waals surface area contributed by atoms with Gasteiger partial charge >= 0.3 is 5.97 Å². The van der Waals surface area contributed by atoms with Crippen LogP contribution < -0.4 is 10.6 Å². The van der Waals surface area contributed by atoms with E-state index in [2.05, 4.69) is 6.07 Å². The second-order valence-corrected chi connectivity index (χ2v) is 4.34. The summed E-state index contributed by atoms with van der Waals surface area (Å²) in [5, 5.41) is 8.71. The number of carbonyl (C=O) groups is 1. The summed E-state index contributed by atoms with van der Waals surface area (Å²) in [6.45, 7) is 2.83. The first-order chi connectivity index (χ1) is 9.06. The van der Waals surface area contributed by atoms with Gasteiger partial charge in [0.1, 0.15) is 5.82 Å². The van der Waals surface area contributed by atoms with E-state index in [1.54, 1.807) is 11.8 Å². The average Bonchev–Trinajstić information content (AvgIpc) is 2.30. The van der Waals surface area contributed by atoms with Gasteiger partial charge in [-0.25, -0.2) is 9.18 Å². The van der Waals surface area contributed by atoms with E-state index in [4.69, 9.17) is 15.7 Å². The maximum absolute atomic E-state index is 13.8. The highest BCUT2D eigenvalue weighted by Gasteiger charge is 2.29. The fourth-order valence-electron chi connectivity index (χ4n) is 1.96. The number of carbonyl (C=O) groups excluding carboxylic acids is 1. The summed E-state index contributed by atoms with van der Waals surface area (Å²) in [4.78, 5) is 13.4. The van der Waals surface area contributed by atoms with E-state index in [9.17, 15) is 9.18 Å². The van der Waals surface area contributed by atoms with Crippen molar-refractivity contribution in [1.29, 1.82) is 5.26 Å². The number of nitrogens with zero attached hydrogens (tertiary/aromatic N) is 2. The molecule has 0 spiro atoms. The molecule has 19 heavy (non-hydrogen) atoms. The molecule has 6 heteroatoms. The van der Waals surface area contributed by atoms with Gasteiger partial charge in [-0.2, -0.15) is 5.26 Å². The molecule has 100 valence electrons. The molecule has 0 bridgehead atoms. The van der Waals surface area contributed by atoms with Crippen LogP contribution in [0.25, 0.3) is 0 Å². The number of hydrogen-bond acceptors (Lipinski definition) is 5. The number of esters is 1. The Morgan fingerprint density at radius 2 is 2.32 bits per heavy atom. The fourth-order valence-corrected chi connectivity index (χ4v) is 1.96. The maximum Gasteiger partial charge on any atom is 0.340 e. The molecule has 1 aliphatic rings. The zero-order chi connectivity index (χ0) is 14.0. The van der Waals surface area contributed by atoms with Gasteiger partial charge in [0.05, 0.1) is 29.8 Å². The number of anilines is 2. The van der Waals surface area contributed by atoms with Crippen molar-refractivity contribution in [3.05, 3.63) is 23.5 Å². The van der Waals surface area contributed by atoms with Crippen molar-refractivity contribution in [2.75, 3.05) is 30.3 Å². The predicted octanol–water partition coefficient (Wildman–Crippen LogP) is 1.54. The number of hydrogen-bond donors (Lipinski definition) is 1. The van der Waals surface area contributed by atoms with Gasteiger partial charge in [0, 0.05) is 18.8 Å². The Kier molecular flexibility index (Phi) is 3.56. The van der Waals surface area contributed by atoms with E-state index in [1.807, 2.05) is 0 Å². The number of benzene rings is 1. The third-order valence-electron chi connectivity index (χ3n) is 3.02. The molecule has 1 aromatic rings. The molecular weight excluding hydrogens is 249 g/mol. The van der Waals surface area contributed by atoms with E-state index >= 15 is 0 Å². The van der Waals surface area contributed by atoms with E-state index < -0.39 is 11.8 Å². The molecule has 2 rings (SSSR count). The average molecular weight is 263 g/mol. The molecule has 0 unspecified atom stereocenters. The summed E-state index contributed by atoms with van der Waals surface area (Å²) < 4.78 is 18.7. The Hall–Kier alpha value is -2.29. The molecule has 1 aromatic carbocycles. The zero-order valence-electron chi connectivity index (χ0n) is 10.5. The normalized spacial score (nSPS) is 14.7. The largest absolute Gasteiger partial charge is 0.462 e. The SMILES string of the molecule is CCOC(=O)c1cc(N2CC(C#N)C2)c(F)cc1N. The lowest BCUT2D eigenvalue weighted by atomic mass is 10.00. The fraction of sp³-hybridized carbons (Fsp3) is 0.385. The first kappa shape index (κ1) is 13.1. The Morgan fingerprint density at radius 1 is 1.63 bits per heavy atom. The van der Waals surface area contributed by atoms with Gasteiger partial charge in [0.2, 0.25) is 0 Å². The van der Waals surface area contributed by atoms with Crippen molar-refractivity contribution in [1.82, 2.24) is 0 Å². The van der Waals surface area contributed by atoms with Gasteiger partial charge in [-0.3, -0.25) is 0 Å². The molecule has 0 aromatic heterocycles. The molecule has 0 radical (unpaired) electrons. The molecule has 0 saturated carbocycles. The number of ether oxygens (including phenoxy) is 1. The molecule has 1 aliphatic heterocycles. The van der Waals surface area contributed by atoms with Crippen LogP contribution in [0.1, 0.15) is 17.3 Å². The molecule has 1 fully saturated rings. The highest BCUT2D eigenvalue weighted by atomic mass is 19.1. The third-order valence-corrected chi connectivity index (χ3v) is 3.02. The molecule has 5 nitrogen and oxygen atoms in total. The van der Waals surface area contributed by atoms with Crippen molar-refractivity contribution in [3.8, 4) is 6.07 Å². The third kappa shape index (κ3) is 2.45. The second kappa shape index (κ2) is 5.14. The van der Waals surface area contributed by atoms with Gasteiger partial charge in [-0.1, -0.05) is 0 Å². The standard InChI is InChI=1S/C13H14FN3O2/c1-2-19-13(18)9-3-12(10(14)4-11(9)16)17-6-8(5-15)7-17/h3-4,8H,2,6-7,16H2,1H3. The lowest BCUT2D eigenvalue weighted by Gasteiger charge is -2.37. The summed E-state index contributed by atoms with van der Waals surface area (Å²) >= 11 is 0. The molecule has 0 aliphatic carbocycles. The number of nitriles is 1. The lowest BCUT2D eigenvalue weighted by Crippen LogP contribution is -2.46. The molecule has 1 heterocycles. The zero-order valence-corrected chi connectivity index (χ0v) is 10.5. The minimum Gasteiger partial charge on any atom is -0.462 e. The number of rotatable bonds is 3. The molecular formula is C13H14FN3O2. The molecule has 1 saturated heterocycles. The Balaban J connectivity index is 2.28. The van der Waals surface area contributed by atoms with Crippen LogP contribution in [0.15, 0.2) is 12.1 Å². The summed E-state index contributed by atoms with van der Waals surface area (Å²) in [6, 6.07) is 4.61. The predicted molar refractivity (Wildman–Crippen MR) is 68.1 cm³/mol. The summed E-state index contributed by atoms with van der Waals surface area (Å²) in [7, 11) is 0. The smallest absolute Gasteiger partial charge is 0.340 e. The highest BCUT2D eigenvalue weighted by Crippen LogP contribution is 2.30. The van der Waals surface area contributed by atoms with Crippen molar-refractivity contribution in [3.63, 3.8) is 0 Å². The van der Waals surface area contributed by atoms with Crippen molar-refractivity contribution in [2.24, 2.45) is 5.92 Å². The molecule has 0 atom stereocenters. The molecule has 2 N–H and O–H groups in total. The van der Waals surface area contributed by atoms with Crippen LogP contribution in [0.2, 0.25) is 0 Å². The quantitative estimate of drug-likeness (QED) is 0.661. The monoisotopic (exact) mass is 263 g/mol. The van der Waals surface area contributed by atoms with Gasteiger partial charge in [0.25, 0.3) is 0 Å². The summed E-state index contributed by atoms with van der Waals surface area (Å²) in [6.07, 6.45) is 0. The lowest BCUT2D eigenvalue weighted by molar-refractivity contribution is 0.0527. The van der Waals surface area contributed by atoms with Gasteiger partial charge in [-0.15, -0.1) is 0 Å². The van der Waals surface area contributed by atoms with Crippen LogP contribution in [-0.4, -0.2) is 25.7 Å².